The van der Waals surface area contributed by atoms with Crippen LogP contribution in [0, 0.1) is 0 Å². The fourth-order valence-electron chi connectivity index (χ4n) is 10.1. The molecule has 0 spiro atoms. The van der Waals surface area contributed by atoms with Gasteiger partial charge in [-0.1, -0.05) is 243 Å². The molecule has 8 aromatic rings. The van der Waals surface area contributed by atoms with Crippen LogP contribution in [0.1, 0.15) is 19.3 Å². The highest BCUT2D eigenvalue weighted by Crippen LogP contribution is 2.41. The highest BCUT2D eigenvalue weighted by molar-refractivity contribution is 7.74. The minimum Gasteiger partial charge on any atom is -0.377 e. The van der Waals surface area contributed by atoms with Gasteiger partial charge in [-0.15, -0.1) is 0 Å². The Hall–Kier alpha value is -5.60. The lowest BCUT2D eigenvalue weighted by Crippen LogP contribution is -2.43. The van der Waals surface area contributed by atoms with Crippen LogP contribution in [-0.4, -0.2) is 128 Å². The molecule has 10 nitrogen and oxygen atoms in total. The Bertz CT molecular complexity index is 2530. The molecule has 0 saturated heterocycles. The Morgan fingerprint density at radius 3 is 0.783 bits per heavy atom. The van der Waals surface area contributed by atoms with Gasteiger partial charge in [0.2, 0.25) is 11.8 Å². The number of rotatable bonds is 35. The number of carbonyl (C=O) groups excluding carboxylic acids is 2. The molecule has 2 N–H and O–H groups in total. The molecule has 83 heavy (non-hydrogen) atoms. The Balaban J connectivity index is 0.932. The van der Waals surface area contributed by atoms with Crippen molar-refractivity contribution >= 4 is 94.7 Å². The van der Waals surface area contributed by atoms with Gasteiger partial charge in [0.25, 0.3) is 0 Å². The number of hydrogen-bond acceptors (Lipinski definition) is 8. The maximum Gasteiger partial charge on any atom is 0.500 e. The van der Waals surface area contributed by atoms with Crippen molar-refractivity contribution < 1.29 is 22.9 Å². The minimum absolute atomic E-state index is 0.00686. The van der Waals surface area contributed by atoms with Crippen molar-refractivity contribution in [3.05, 3.63) is 243 Å². The smallest absolute Gasteiger partial charge is 0.377 e. The molecule has 0 unspecified atom stereocenters. The first-order valence-electron chi connectivity index (χ1n) is 28.7. The van der Waals surface area contributed by atoms with Crippen molar-refractivity contribution in [2.24, 2.45) is 0 Å². The van der Waals surface area contributed by atoms with Crippen LogP contribution in [0.4, 0.5) is 0 Å². The summed E-state index contributed by atoms with van der Waals surface area (Å²) in [5.41, 5.74) is 0. The molecule has 0 bridgehead atoms. The summed E-state index contributed by atoms with van der Waals surface area (Å²) in [7, 11) is -0.834. The van der Waals surface area contributed by atoms with Crippen LogP contribution in [-0.2, 0) is 22.9 Å². The van der Waals surface area contributed by atoms with E-state index in [2.05, 4.69) is 268 Å². The SMILES string of the molecule is CO[Si](CCCN(CCC(=O)NCCN(CP(c1ccccc1)c1ccccc1)CP(c1ccccc1)c1ccccc1)CCC(=O)NCCN(CP(c1ccccc1)c1ccccc1)CP(c1ccccc1)c1ccccc1)(OC)OC. The molecule has 0 aromatic heterocycles. The Morgan fingerprint density at radius 2 is 0.566 bits per heavy atom. The quantitative estimate of drug-likeness (QED) is 0.0300. The predicted octanol–water partition coefficient (Wildman–Crippen LogP) is 9.53. The molecule has 0 aliphatic heterocycles. The van der Waals surface area contributed by atoms with Gasteiger partial charge in [0.05, 0.1) is 0 Å². The van der Waals surface area contributed by atoms with Gasteiger partial charge in [0, 0.05) is 105 Å². The minimum atomic E-state index is -2.84. The van der Waals surface area contributed by atoms with Crippen molar-refractivity contribution in [3.8, 4) is 0 Å². The zero-order valence-corrected chi connectivity index (χ0v) is 53.0. The highest BCUT2D eigenvalue weighted by atomic mass is 31.1. The summed E-state index contributed by atoms with van der Waals surface area (Å²) in [6, 6.07) is 87.6. The second kappa shape index (κ2) is 35.0. The fraction of sp³-hybridized carbons (Fsp3) is 0.265. The third-order valence-corrected chi connectivity index (χ3v) is 27.5. The second-order valence-corrected chi connectivity index (χ2v) is 32.0. The van der Waals surface area contributed by atoms with E-state index < -0.39 is 40.5 Å². The van der Waals surface area contributed by atoms with E-state index in [1.807, 2.05) is 0 Å². The van der Waals surface area contributed by atoms with E-state index in [0.717, 1.165) is 31.6 Å². The highest BCUT2D eigenvalue weighted by Gasteiger charge is 2.37. The predicted molar refractivity (Wildman–Crippen MR) is 357 cm³/mol. The van der Waals surface area contributed by atoms with Gasteiger partial charge in [0.15, 0.2) is 0 Å². The lowest BCUT2D eigenvalue weighted by atomic mass is 10.3. The van der Waals surface area contributed by atoms with Crippen molar-refractivity contribution in [1.29, 1.82) is 0 Å². The average molecular weight is 1200 g/mol. The molecular formula is C68H81N5O5P4Si. The molecule has 0 aliphatic carbocycles. The van der Waals surface area contributed by atoms with E-state index in [-0.39, 0.29) is 11.8 Å². The van der Waals surface area contributed by atoms with Crippen LogP contribution in [0.2, 0.25) is 6.04 Å². The standard InChI is InChI=1S/C68H81N5O5P4Si/c1-76-83(77-2,78-3)54-28-49-71(50-45-67(74)69-47-52-72(55-79(59-29-12-4-13-30-59)60-31-14-5-15-32-60)56-80(61-33-16-6-17-34-61)62-35-18-7-19-36-62)51-46-68(75)70-48-53-73(57-81(63-37-20-8-21-38-63)64-39-22-9-23-40-64)58-82(65-41-24-10-25-42-65)66-43-26-11-27-44-66/h4-27,29-44H,28,45-58H2,1-3H3,(H,69,74)(H,70,75). The van der Waals surface area contributed by atoms with E-state index in [1.54, 1.807) is 21.3 Å². The molecule has 0 radical (unpaired) electrons. The molecular weight excluding hydrogens is 1120 g/mol. The van der Waals surface area contributed by atoms with E-state index >= 15 is 0 Å². The largest absolute Gasteiger partial charge is 0.500 e. The van der Waals surface area contributed by atoms with Gasteiger partial charge in [0.1, 0.15) is 0 Å². The third-order valence-electron chi connectivity index (χ3n) is 14.6. The molecule has 2 amide bonds. The fourth-order valence-corrected chi connectivity index (χ4v) is 21.4. The van der Waals surface area contributed by atoms with E-state index in [9.17, 15) is 9.59 Å². The van der Waals surface area contributed by atoms with Gasteiger partial charge in [-0.2, -0.15) is 0 Å². The summed E-state index contributed by atoms with van der Waals surface area (Å²) in [4.78, 5) is 35.4. The van der Waals surface area contributed by atoms with Gasteiger partial charge >= 0.3 is 8.80 Å². The average Bonchev–Trinajstić information content (AvgIpc) is 3.66. The lowest BCUT2D eigenvalue weighted by molar-refractivity contribution is -0.121. The molecule has 15 heteroatoms. The third kappa shape index (κ3) is 20.3. The molecule has 8 aromatic carbocycles. The number of benzene rings is 8. The van der Waals surface area contributed by atoms with E-state index in [0.29, 0.717) is 64.7 Å². The number of nitrogens with zero attached hydrogens (tertiary/aromatic N) is 3. The number of carbonyl (C=O) groups is 2. The molecule has 0 atom stereocenters. The summed E-state index contributed by atoms with van der Waals surface area (Å²) in [5, 5.41) is 17.3. The number of nitrogens with one attached hydrogen (secondary N) is 2. The maximum atomic E-state index is 14.0. The normalized spacial score (nSPS) is 11.8. The first-order chi connectivity index (χ1) is 40.8. The van der Waals surface area contributed by atoms with Crippen LogP contribution < -0.4 is 53.1 Å². The van der Waals surface area contributed by atoms with Crippen molar-refractivity contribution in [3.63, 3.8) is 0 Å². The van der Waals surface area contributed by atoms with Gasteiger partial charge in [-0.25, -0.2) is 0 Å². The van der Waals surface area contributed by atoms with Crippen LogP contribution in [0.3, 0.4) is 0 Å². The van der Waals surface area contributed by atoms with Gasteiger partial charge < -0.3 is 28.8 Å². The summed E-state index contributed by atoms with van der Waals surface area (Å²) in [6.07, 6.45) is 4.75. The first kappa shape index (κ1) is 63.4. The number of hydrogen-bond donors (Lipinski definition) is 2. The summed E-state index contributed by atoms with van der Waals surface area (Å²) in [5.74, 6) is -0.0137. The van der Waals surface area contributed by atoms with E-state index in [4.69, 9.17) is 13.3 Å². The van der Waals surface area contributed by atoms with Crippen molar-refractivity contribution in [1.82, 2.24) is 25.3 Å². The van der Waals surface area contributed by atoms with Crippen molar-refractivity contribution in [2.45, 2.75) is 25.3 Å². The summed E-state index contributed by atoms with van der Waals surface area (Å²) >= 11 is 0. The molecule has 0 fully saturated rings. The Labute approximate surface area is 500 Å². The number of amides is 2. The zero-order valence-electron chi connectivity index (χ0n) is 48.4. The monoisotopic (exact) mass is 1200 g/mol. The van der Waals surface area contributed by atoms with Crippen LogP contribution in [0.25, 0.3) is 0 Å². The molecule has 0 heterocycles. The van der Waals surface area contributed by atoms with Crippen molar-refractivity contribution in [2.75, 3.05) is 92.3 Å². The molecule has 432 valence electrons. The lowest BCUT2D eigenvalue weighted by Gasteiger charge is -2.32. The second-order valence-electron chi connectivity index (χ2n) is 20.2. The Morgan fingerprint density at radius 1 is 0.337 bits per heavy atom. The first-order valence-corrected chi connectivity index (χ1v) is 36.7. The molecule has 0 saturated carbocycles. The molecule has 0 aliphatic rings. The topological polar surface area (TPSA) is 95.6 Å². The van der Waals surface area contributed by atoms with Gasteiger partial charge in [-0.3, -0.25) is 19.4 Å². The summed E-state index contributed by atoms with van der Waals surface area (Å²) in [6.45, 7) is 4.08. The maximum absolute atomic E-state index is 14.0. The van der Waals surface area contributed by atoms with Crippen LogP contribution in [0.5, 0.6) is 0 Å². The Kier molecular flexibility index (Phi) is 26.7. The van der Waals surface area contributed by atoms with Crippen LogP contribution in [0.15, 0.2) is 243 Å². The van der Waals surface area contributed by atoms with E-state index in [1.165, 1.54) is 42.4 Å². The summed E-state index contributed by atoms with van der Waals surface area (Å²) < 4.78 is 17.3. The van der Waals surface area contributed by atoms with Crippen LogP contribution >= 0.6 is 31.7 Å². The van der Waals surface area contributed by atoms with Gasteiger partial charge in [-0.05, 0) is 87.1 Å². The molecule has 8 rings (SSSR count). The zero-order chi connectivity index (χ0) is 57.7.